The lowest BCUT2D eigenvalue weighted by Gasteiger charge is -2.28. The number of hydrogen-bond acceptors (Lipinski definition) is 6. The monoisotopic (exact) mass is 395 g/mol. The molecule has 29 heavy (non-hydrogen) atoms. The zero-order valence-corrected chi connectivity index (χ0v) is 16.2. The van der Waals surface area contributed by atoms with Gasteiger partial charge in [0.05, 0.1) is 30.3 Å². The van der Waals surface area contributed by atoms with E-state index in [1.54, 1.807) is 39.0 Å². The lowest BCUT2D eigenvalue weighted by molar-refractivity contribution is -0.305. The van der Waals surface area contributed by atoms with Crippen LogP contribution in [-0.2, 0) is 14.3 Å². The van der Waals surface area contributed by atoms with Gasteiger partial charge in [-0.05, 0) is 38.5 Å². The van der Waals surface area contributed by atoms with E-state index >= 15 is 0 Å². The summed E-state index contributed by atoms with van der Waals surface area (Å²) in [6, 6.07) is 6.45. The number of imide groups is 1. The summed E-state index contributed by atoms with van der Waals surface area (Å²) in [4.78, 5) is 52.4. The van der Waals surface area contributed by atoms with Crippen LogP contribution in [0.3, 0.4) is 0 Å². The molecule has 8 heteroatoms. The average molecular weight is 395 g/mol. The highest BCUT2D eigenvalue weighted by molar-refractivity contribution is 6.34. The molecule has 150 valence electrons. The van der Waals surface area contributed by atoms with Crippen LogP contribution >= 0.6 is 0 Å². The van der Waals surface area contributed by atoms with Crippen molar-refractivity contribution in [3.8, 4) is 0 Å². The van der Waals surface area contributed by atoms with E-state index in [4.69, 9.17) is 4.74 Å². The standard InChI is InChI=1S/C21H20N2O6/c1-4-29-21(28)18-11(2)16(22-12(18)3)9-15-13-7-5-6-8-14(13)19(26)23(20(15)27)10-17(24)25/h5-9,22H,4,10H2,1-3H3,(H,24,25)/p-1/b15-9-. The third-order valence-corrected chi connectivity index (χ3v) is 4.70. The molecule has 1 N–H and O–H groups in total. The molecule has 0 atom stereocenters. The number of esters is 1. The number of carboxylic acid groups (broad SMARTS) is 1. The number of carboxylic acids is 1. The third-order valence-electron chi connectivity index (χ3n) is 4.70. The van der Waals surface area contributed by atoms with Gasteiger partial charge < -0.3 is 19.6 Å². The van der Waals surface area contributed by atoms with Gasteiger partial charge in [0.2, 0.25) is 0 Å². The first-order valence-electron chi connectivity index (χ1n) is 8.99. The molecule has 0 unspecified atom stereocenters. The van der Waals surface area contributed by atoms with E-state index in [1.807, 2.05) is 0 Å². The highest BCUT2D eigenvalue weighted by Gasteiger charge is 2.35. The van der Waals surface area contributed by atoms with E-state index in [0.29, 0.717) is 33.0 Å². The van der Waals surface area contributed by atoms with Crippen molar-refractivity contribution in [3.05, 3.63) is 57.9 Å². The summed E-state index contributed by atoms with van der Waals surface area (Å²) in [6.45, 7) is 4.51. The van der Waals surface area contributed by atoms with Crippen LogP contribution in [0.1, 0.15) is 50.2 Å². The van der Waals surface area contributed by atoms with E-state index in [0.717, 1.165) is 0 Å². The van der Waals surface area contributed by atoms with Gasteiger partial charge >= 0.3 is 5.97 Å². The highest BCUT2D eigenvalue weighted by atomic mass is 16.5. The van der Waals surface area contributed by atoms with Crippen molar-refractivity contribution in [2.75, 3.05) is 13.2 Å². The number of nitrogens with zero attached hydrogens (tertiary/aromatic N) is 1. The molecule has 1 aliphatic heterocycles. The normalized spacial score (nSPS) is 14.9. The van der Waals surface area contributed by atoms with Crippen molar-refractivity contribution in [2.45, 2.75) is 20.8 Å². The number of carbonyl (C=O) groups is 4. The van der Waals surface area contributed by atoms with E-state index < -0.39 is 30.3 Å². The zero-order chi connectivity index (χ0) is 21.3. The van der Waals surface area contributed by atoms with Gasteiger partial charge in [0, 0.05) is 22.5 Å². The van der Waals surface area contributed by atoms with Crippen molar-refractivity contribution in [1.82, 2.24) is 9.88 Å². The Hall–Kier alpha value is -3.68. The number of aromatic nitrogens is 1. The smallest absolute Gasteiger partial charge is 0.340 e. The van der Waals surface area contributed by atoms with Crippen LogP contribution in [-0.4, -0.2) is 46.8 Å². The molecule has 0 radical (unpaired) electrons. The third kappa shape index (κ3) is 3.56. The van der Waals surface area contributed by atoms with Gasteiger partial charge in [0.1, 0.15) is 0 Å². The van der Waals surface area contributed by atoms with Crippen molar-refractivity contribution in [1.29, 1.82) is 0 Å². The first-order valence-corrected chi connectivity index (χ1v) is 8.99. The Morgan fingerprint density at radius 2 is 1.79 bits per heavy atom. The van der Waals surface area contributed by atoms with Gasteiger partial charge in [-0.25, -0.2) is 4.79 Å². The largest absolute Gasteiger partial charge is 0.548 e. The van der Waals surface area contributed by atoms with E-state index in [9.17, 15) is 24.3 Å². The first-order chi connectivity index (χ1) is 13.8. The maximum Gasteiger partial charge on any atom is 0.340 e. The van der Waals surface area contributed by atoms with Crippen LogP contribution in [0.5, 0.6) is 0 Å². The number of aliphatic carboxylic acids is 1. The fraction of sp³-hybridized carbons (Fsp3) is 0.238. The summed E-state index contributed by atoms with van der Waals surface area (Å²) < 4.78 is 5.07. The van der Waals surface area contributed by atoms with Gasteiger partial charge in [-0.1, -0.05) is 18.2 Å². The Morgan fingerprint density at radius 3 is 2.41 bits per heavy atom. The molecule has 0 saturated carbocycles. The van der Waals surface area contributed by atoms with Crippen LogP contribution in [0, 0.1) is 13.8 Å². The molecule has 8 nitrogen and oxygen atoms in total. The molecule has 2 heterocycles. The van der Waals surface area contributed by atoms with Gasteiger partial charge in [-0.2, -0.15) is 0 Å². The SMILES string of the molecule is CCOC(=O)c1c(C)[nH]c(/C=C2\C(=O)N(CC(=O)[O-])C(=O)c3ccccc32)c1C. The molecular formula is C21H19N2O6-. The fourth-order valence-electron chi connectivity index (χ4n) is 3.39. The van der Waals surface area contributed by atoms with E-state index in [2.05, 4.69) is 4.98 Å². The summed E-state index contributed by atoms with van der Waals surface area (Å²) in [5.74, 6) is -3.46. The molecule has 0 saturated heterocycles. The van der Waals surface area contributed by atoms with Crippen molar-refractivity contribution < 1.29 is 29.0 Å². The summed E-state index contributed by atoms with van der Waals surface area (Å²) in [5.41, 5.74) is 2.77. The fourth-order valence-corrected chi connectivity index (χ4v) is 3.39. The van der Waals surface area contributed by atoms with Crippen LogP contribution in [0.2, 0.25) is 0 Å². The van der Waals surface area contributed by atoms with Crippen LogP contribution < -0.4 is 5.11 Å². The van der Waals surface area contributed by atoms with Gasteiger partial charge in [0.25, 0.3) is 11.8 Å². The number of H-pyrrole nitrogens is 1. The number of fused-ring (bicyclic) bond motifs is 1. The molecule has 1 aliphatic rings. The Balaban J connectivity index is 2.15. The molecule has 0 aliphatic carbocycles. The van der Waals surface area contributed by atoms with Crippen molar-refractivity contribution in [3.63, 3.8) is 0 Å². The Morgan fingerprint density at radius 1 is 1.14 bits per heavy atom. The quantitative estimate of drug-likeness (QED) is 0.460. The second kappa shape index (κ2) is 7.75. The first kappa shape index (κ1) is 20.1. The van der Waals surface area contributed by atoms with Crippen LogP contribution in [0.25, 0.3) is 11.6 Å². The summed E-state index contributed by atoms with van der Waals surface area (Å²) in [5, 5.41) is 11.0. The molecule has 0 fully saturated rings. The molecule has 1 aromatic carbocycles. The van der Waals surface area contributed by atoms with E-state index in [1.165, 1.54) is 12.1 Å². The molecule has 2 aromatic rings. The summed E-state index contributed by atoms with van der Waals surface area (Å²) >= 11 is 0. The topological polar surface area (TPSA) is 120 Å². The lowest BCUT2D eigenvalue weighted by Crippen LogP contribution is -2.47. The van der Waals surface area contributed by atoms with Crippen LogP contribution in [0.15, 0.2) is 24.3 Å². The molecule has 1 aromatic heterocycles. The second-order valence-corrected chi connectivity index (χ2v) is 6.56. The maximum absolute atomic E-state index is 12.9. The number of aryl methyl sites for hydroxylation is 1. The lowest BCUT2D eigenvalue weighted by atomic mass is 9.92. The molecule has 0 bridgehead atoms. The number of carbonyl (C=O) groups excluding carboxylic acids is 4. The Kier molecular flexibility index (Phi) is 5.36. The Bertz CT molecular complexity index is 1060. The number of ether oxygens (including phenoxy) is 1. The number of aromatic amines is 1. The van der Waals surface area contributed by atoms with Gasteiger partial charge in [0.15, 0.2) is 0 Å². The number of amides is 2. The number of nitrogens with one attached hydrogen (secondary N) is 1. The minimum atomic E-state index is -1.54. The predicted octanol–water partition coefficient (Wildman–Crippen LogP) is 1.08. The van der Waals surface area contributed by atoms with Crippen molar-refractivity contribution in [2.24, 2.45) is 0 Å². The molecule has 2 amide bonds. The van der Waals surface area contributed by atoms with E-state index in [-0.39, 0.29) is 17.7 Å². The molecule has 0 spiro atoms. The van der Waals surface area contributed by atoms with Gasteiger partial charge in [-0.15, -0.1) is 0 Å². The van der Waals surface area contributed by atoms with Gasteiger partial charge in [-0.3, -0.25) is 14.5 Å². The van der Waals surface area contributed by atoms with Crippen molar-refractivity contribution >= 4 is 35.4 Å². The maximum atomic E-state index is 12.9. The van der Waals surface area contributed by atoms with Crippen LogP contribution in [0.4, 0.5) is 0 Å². The summed E-state index contributed by atoms with van der Waals surface area (Å²) in [7, 11) is 0. The minimum Gasteiger partial charge on any atom is -0.548 e. The predicted molar refractivity (Wildman–Crippen MR) is 102 cm³/mol. The summed E-state index contributed by atoms with van der Waals surface area (Å²) in [6.07, 6.45) is 1.51. The molecule has 3 rings (SSSR count). The number of hydrogen-bond donors (Lipinski definition) is 1. The minimum absolute atomic E-state index is 0.140. The highest BCUT2D eigenvalue weighted by Crippen LogP contribution is 2.31. The Labute approximate surface area is 166 Å². The zero-order valence-electron chi connectivity index (χ0n) is 16.2. The second-order valence-electron chi connectivity index (χ2n) is 6.56. The number of benzene rings is 1. The number of rotatable bonds is 5. The average Bonchev–Trinajstić information content (AvgIpc) is 2.95. The molecular weight excluding hydrogens is 376 g/mol.